The quantitative estimate of drug-likeness (QED) is 0.796. The van der Waals surface area contributed by atoms with E-state index in [1.807, 2.05) is 38.6 Å². The normalized spacial score (nSPS) is 10.8. The molecule has 2 rings (SSSR count). The molecule has 0 aliphatic heterocycles. The lowest BCUT2D eigenvalue weighted by molar-refractivity contribution is 0.471. The van der Waals surface area contributed by atoms with Crippen molar-refractivity contribution < 1.29 is 5.11 Å². The van der Waals surface area contributed by atoms with Crippen molar-refractivity contribution in [2.45, 2.75) is 20.8 Å². The van der Waals surface area contributed by atoms with Crippen LogP contribution < -0.4 is 0 Å². The van der Waals surface area contributed by atoms with Crippen molar-refractivity contribution in [1.29, 1.82) is 0 Å². The Morgan fingerprint density at radius 1 is 1.06 bits per heavy atom. The van der Waals surface area contributed by atoms with E-state index in [-0.39, 0.29) is 0 Å². The van der Waals surface area contributed by atoms with Gasteiger partial charge in [0.1, 0.15) is 5.75 Å². The number of phenols is 1. The fraction of sp³-hybridized carbons (Fsp3) is 0.308. The molecule has 3 nitrogen and oxygen atoms in total. The van der Waals surface area contributed by atoms with Crippen molar-refractivity contribution in [2.75, 3.05) is 0 Å². The monoisotopic (exact) mass is 216 g/mol. The number of aromatic nitrogens is 2. The van der Waals surface area contributed by atoms with Crippen LogP contribution in [0.5, 0.6) is 5.75 Å². The van der Waals surface area contributed by atoms with Crippen LogP contribution >= 0.6 is 0 Å². The predicted molar refractivity (Wildman–Crippen MR) is 64.5 cm³/mol. The summed E-state index contributed by atoms with van der Waals surface area (Å²) in [4.78, 5) is 0. The van der Waals surface area contributed by atoms with Crippen LogP contribution in [0.4, 0.5) is 0 Å². The highest BCUT2D eigenvalue weighted by atomic mass is 16.3. The van der Waals surface area contributed by atoms with E-state index in [1.165, 1.54) is 0 Å². The van der Waals surface area contributed by atoms with E-state index < -0.39 is 0 Å². The van der Waals surface area contributed by atoms with E-state index >= 15 is 0 Å². The minimum Gasteiger partial charge on any atom is -0.508 e. The molecule has 0 saturated carbocycles. The van der Waals surface area contributed by atoms with Gasteiger partial charge in [-0.15, -0.1) is 0 Å². The second-order valence-electron chi connectivity index (χ2n) is 4.25. The number of benzene rings is 1. The Morgan fingerprint density at radius 3 is 2.31 bits per heavy atom. The molecular weight excluding hydrogens is 200 g/mol. The molecule has 0 radical (unpaired) electrons. The Balaban J connectivity index is 2.60. The molecule has 16 heavy (non-hydrogen) atoms. The summed E-state index contributed by atoms with van der Waals surface area (Å²) < 4.78 is 1.86. The summed E-state index contributed by atoms with van der Waals surface area (Å²) in [6.07, 6.45) is 0. The van der Waals surface area contributed by atoms with Crippen molar-refractivity contribution in [3.8, 4) is 17.0 Å². The third-order valence-corrected chi connectivity index (χ3v) is 2.93. The van der Waals surface area contributed by atoms with Gasteiger partial charge < -0.3 is 5.11 Å². The van der Waals surface area contributed by atoms with Crippen LogP contribution in [-0.2, 0) is 7.05 Å². The number of aromatic hydroxyl groups is 1. The van der Waals surface area contributed by atoms with E-state index in [0.717, 1.165) is 28.1 Å². The number of aryl methyl sites for hydroxylation is 4. The van der Waals surface area contributed by atoms with Crippen LogP contribution in [0.25, 0.3) is 11.3 Å². The fourth-order valence-electron chi connectivity index (χ4n) is 1.77. The maximum absolute atomic E-state index is 9.61. The topological polar surface area (TPSA) is 38.0 Å². The molecule has 84 valence electrons. The molecule has 1 aromatic heterocycles. The molecule has 1 aromatic carbocycles. The largest absolute Gasteiger partial charge is 0.508 e. The lowest BCUT2D eigenvalue weighted by Crippen LogP contribution is -1.93. The number of nitrogens with zero attached hydrogens (tertiary/aromatic N) is 2. The van der Waals surface area contributed by atoms with Crippen LogP contribution in [-0.4, -0.2) is 14.9 Å². The Morgan fingerprint density at radius 2 is 1.75 bits per heavy atom. The maximum atomic E-state index is 9.61. The predicted octanol–water partition coefficient (Wildman–Crippen LogP) is 2.72. The summed E-state index contributed by atoms with van der Waals surface area (Å²) in [7, 11) is 1.93. The highest BCUT2D eigenvalue weighted by Gasteiger charge is 2.09. The van der Waals surface area contributed by atoms with Crippen molar-refractivity contribution in [1.82, 2.24) is 9.78 Å². The van der Waals surface area contributed by atoms with Crippen LogP contribution in [0.1, 0.15) is 16.8 Å². The Hall–Kier alpha value is -1.77. The van der Waals surface area contributed by atoms with E-state index in [2.05, 4.69) is 11.2 Å². The zero-order valence-electron chi connectivity index (χ0n) is 10.1. The van der Waals surface area contributed by atoms with Crippen LogP contribution in [0, 0.1) is 20.8 Å². The third-order valence-electron chi connectivity index (χ3n) is 2.93. The summed E-state index contributed by atoms with van der Waals surface area (Å²) in [5, 5.41) is 14.1. The van der Waals surface area contributed by atoms with Gasteiger partial charge in [-0.05, 0) is 50.1 Å². The molecule has 0 spiro atoms. The lowest BCUT2D eigenvalue weighted by atomic mass is 10.0. The first-order valence-corrected chi connectivity index (χ1v) is 5.30. The standard InChI is InChI=1S/C13H16N2O/c1-8-6-13(16)9(2)5-11(8)12-7-10(3)15(4)14-12/h5-7,16H,1-4H3. The van der Waals surface area contributed by atoms with Crippen LogP contribution in [0.3, 0.4) is 0 Å². The van der Waals surface area contributed by atoms with Gasteiger partial charge in [-0.1, -0.05) is 0 Å². The Labute approximate surface area is 95.3 Å². The first-order chi connectivity index (χ1) is 7.49. The van der Waals surface area contributed by atoms with Crippen molar-refractivity contribution >= 4 is 0 Å². The number of hydrogen-bond donors (Lipinski definition) is 1. The maximum Gasteiger partial charge on any atom is 0.118 e. The summed E-state index contributed by atoms with van der Waals surface area (Å²) in [6, 6.07) is 5.82. The van der Waals surface area contributed by atoms with E-state index in [4.69, 9.17) is 0 Å². The molecular formula is C13H16N2O. The first kappa shape index (κ1) is 10.7. The minimum absolute atomic E-state index is 0.342. The van der Waals surface area contributed by atoms with Gasteiger partial charge in [-0.2, -0.15) is 5.10 Å². The van der Waals surface area contributed by atoms with Gasteiger partial charge in [0.15, 0.2) is 0 Å². The highest BCUT2D eigenvalue weighted by Crippen LogP contribution is 2.28. The van der Waals surface area contributed by atoms with Crippen molar-refractivity contribution in [2.24, 2.45) is 7.05 Å². The zero-order valence-corrected chi connectivity index (χ0v) is 10.1. The summed E-state index contributed by atoms with van der Waals surface area (Å²) in [6.45, 7) is 5.91. The summed E-state index contributed by atoms with van der Waals surface area (Å²) >= 11 is 0. The molecule has 0 saturated heterocycles. The minimum atomic E-state index is 0.342. The number of phenolic OH excluding ortho intramolecular Hbond substituents is 1. The van der Waals surface area contributed by atoms with Gasteiger partial charge in [0.25, 0.3) is 0 Å². The van der Waals surface area contributed by atoms with E-state index in [9.17, 15) is 5.11 Å². The average molecular weight is 216 g/mol. The molecule has 2 aromatic rings. The molecule has 0 fully saturated rings. The fourth-order valence-corrected chi connectivity index (χ4v) is 1.77. The molecule has 3 heteroatoms. The van der Waals surface area contributed by atoms with Gasteiger partial charge in [0.2, 0.25) is 0 Å². The van der Waals surface area contributed by atoms with Crippen LogP contribution in [0.2, 0.25) is 0 Å². The smallest absolute Gasteiger partial charge is 0.118 e. The van der Waals surface area contributed by atoms with Gasteiger partial charge in [-0.3, -0.25) is 4.68 Å². The second kappa shape index (κ2) is 3.67. The zero-order chi connectivity index (χ0) is 11.9. The number of hydrogen-bond acceptors (Lipinski definition) is 2. The van der Waals surface area contributed by atoms with Crippen LogP contribution in [0.15, 0.2) is 18.2 Å². The van der Waals surface area contributed by atoms with Gasteiger partial charge in [0, 0.05) is 18.3 Å². The molecule has 0 unspecified atom stereocenters. The molecule has 0 atom stereocenters. The van der Waals surface area contributed by atoms with Gasteiger partial charge in [0.05, 0.1) is 5.69 Å². The molecule has 0 aliphatic rings. The van der Waals surface area contributed by atoms with E-state index in [0.29, 0.717) is 5.75 Å². The molecule has 0 amide bonds. The molecule has 0 bridgehead atoms. The second-order valence-corrected chi connectivity index (χ2v) is 4.25. The SMILES string of the molecule is Cc1cc(-c2cc(C)n(C)n2)c(C)cc1O. The Kier molecular flexibility index (Phi) is 2.46. The summed E-state index contributed by atoms with van der Waals surface area (Å²) in [5.41, 5.74) is 5.09. The molecule has 1 N–H and O–H groups in total. The van der Waals surface area contributed by atoms with Crippen molar-refractivity contribution in [3.05, 3.63) is 35.0 Å². The van der Waals surface area contributed by atoms with E-state index in [1.54, 1.807) is 6.07 Å². The summed E-state index contributed by atoms with van der Waals surface area (Å²) in [5.74, 6) is 0.342. The first-order valence-electron chi connectivity index (χ1n) is 5.30. The van der Waals surface area contributed by atoms with Gasteiger partial charge in [-0.25, -0.2) is 0 Å². The molecule has 0 aliphatic carbocycles. The average Bonchev–Trinajstić information content (AvgIpc) is 2.53. The van der Waals surface area contributed by atoms with Crippen molar-refractivity contribution in [3.63, 3.8) is 0 Å². The highest BCUT2D eigenvalue weighted by molar-refractivity contribution is 5.66. The Bertz CT molecular complexity index is 522. The molecule has 1 heterocycles. The number of rotatable bonds is 1. The third kappa shape index (κ3) is 1.69. The lowest BCUT2D eigenvalue weighted by Gasteiger charge is -2.06. The van der Waals surface area contributed by atoms with Gasteiger partial charge >= 0.3 is 0 Å².